The molecule has 0 N–H and O–H groups in total. The van der Waals surface area contributed by atoms with E-state index in [1.165, 1.54) is 19.2 Å². The number of halogens is 2. The maximum atomic E-state index is 13.9. The zero-order valence-electron chi connectivity index (χ0n) is 10.6. The van der Waals surface area contributed by atoms with Gasteiger partial charge in [-0.3, -0.25) is 4.79 Å². The van der Waals surface area contributed by atoms with Gasteiger partial charge in [0.1, 0.15) is 17.3 Å². The Morgan fingerprint density at radius 1 is 1.05 bits per heavy atom. The lowest BCUT2D eigenvalue weighted by Gasteiger charge is -2.09. The van der Waals surface area contributed by atoms with Crippen LogP contribution in [0, 0.1) is 11.6 Å². The highest BCUT2D eigenvalue weighted by Crippen LogP contribution is 2.27. The minimum atomic E-state index is -0.707. The second kappa shape index (κ2) is 4.52. The highest BCUT2D eigenvalue weighted by atomic mass is 19.1. The molecule has 0 fully saturated rings. The van der Waals surface area contributed by atoms with E-state index < -0.39 is 11.6 Å². The van der Waals surface area contributed by atoms with Crippen LogP contribution in [0.1, 0.15) is 0 Å². The van der Waals surface area contributed by atoms with Gasteiger partial charge >= 0.3 is 0 Å². The van der Waals surface area contributed by atoms with Gasteiger partial charge in [-0.2, -0.15) is 5.10 Å². The van der Waals surface area contributed by atoms with Gasteiger partial charge in [-0.25, -0.2) is 13.5 Å². The molecule has 0 saturated carbocycles. The first-order valence-corrected chi connectivity index (χ1v) is 5.99. The van der Waals surface area contributed by atoms with E-state index in [0.29, 0.717) is 16.5 Å². The first-order valence-electron chi connectivity index (χ1n) is 5.99. The number of hydrogen-bond acceptors (Lipinski definition) is 2. The lowest BCUT2D eigenvalue weighted by atomic mass is 10.0. The average Bonchev–Trinajstić information content (AvgIpc) is 2.43. The molecule has 1 heterocycles. The fourth-order valence-electron chi connectivity index (χ4n) is 2.18. The fraction of sp³-hybridized carbons (Fsp3) is 0.0667. The number of nitrogens with zero attached hydrogens (tertiary/aromatic N) is 2. The molecule has 0 radical (unpaired) electrons. The van der Waals surface area contributed by atoms with Crippen molar-refractivity contribution in [3.63, 3.8) is 0 Å². The maximum Gasteiger partial charge on any atom is 0.274 e. The van der Waals surface area contributed by atoms with Crippen LogP contribution in [0.25, 0.3) is 22.0 Å². The normalized spacial score (nSPS) is 10.9. The summed E-state index contributed by atoms with van der Waals surface area (Å²) < 4.78 is 28.1. The first kappa shape index (κ1) is 12.5. The predicted molar refractivity (Wildman–Crippen MR) is 72.3 cm³/mol. The molecule has 0 unspecified atom stereocenters. The topological polar surface area (TPSA) is 34.9 Å². The van der Waals surface area contributed by atoms with Crippen molar-refractivity contribution in [1.82, 2.24) is 9.78 Å². The van der Waals surface area contributed by atoms with E-state index >= 15 is 0 Å². The molecule has 0 aliphatic heterocycles. The van der Waals surface area contributed by atoms with Crippen LogP contribution in [-0.4, -0.2) is 9.78 Å². The Hall–Kier alpha value is -2.56. The van der Waals surface area contributed by atoms with E-state index in [4.69, 9.17) is 0 Å². The Labute approximate surface area is 113 Å². The van der Waals surface area contributed by atoms with Gasteiger partial charge in [0.2, 0.25) is 0 Å². The van der Waals surface area contributed by atoms with Crippen molar-refractivity contribution >= 4 is 10.8 Å². The standard InChI is InChI=1S/C15H10F2N2O/c1-19-15(20)11-5-3-2-4-10(11)14(18-19)12-7-6-9(16)8-13(12)17/h2-8H,1H3. The van der Waals surface area contributed by atoms with Gasteiger partial charge in [-0.15, -0.1) is 0 Å². The van der Waals surface area contributed by atoms with Crippen LogP contribution in [0.5, 0.6) is 0 Å². The van der Waals surface area contributed by atoms with E-state index in [2.05, 4.69) is 5.10 Å². The van der Waals surface area contributed by atoms with E-state index in [-0.39, 0.29) is 11.1 Å². The Kier molecular flexibility index (Phi) is 2.82. The van der Waals surface area contributed by atoms with Gasteiger partial charge in [0, 0.05) is 24.1 Å². The molecule has 0 aliphatic carbocycles. The monoisotopic (exact) mass is 272 g/mol. The molecule has 5 heteroatoms. The summed E-state index contributed by atoms with van der Waals surface area (Å²) in [7, 11) is 1.50. The van der Waals surface area contributed by atoms with Crippen molar-refractivity contribution in [2.24, 2.45) is 7.05 Å². The summed E-state index contributed by atoms with van der Waals surface area (Å²) in [6.45, 7) is 0. The van der Waals surface area contributed by atoms with Crippen LogP contribution in [0.15, 0.2) is 47.3 Å². The second-order valence-electron chi connectivity index (χ2n) is 4.45. The number of rotatable bonds is 1. The van der Waals surface area contributed by atoms with Gasteiger partial charge in [-0.05, 0) is 18.2 Å². The Bertz CT molecular complexity index is 871. The maximum absolute atomic E-state index is 13.9. The third kappa shape index (κ3) is 1.87. The smallest absolute Gasteiger partial charge is 0.267 e. The van der Waals surface area contributed by atoms with Gasteiger partial charge in [0.25, 0.3) is 5.56 Å². The molecule has 0 spiro atoms. The zero-order chi connectivity index (χ0) is 14.3. The van der Waals surface area contributed by atoms with Gasteiger partial charge in [-0.1, -0.05) is 18.2 Å². The molecule has 3 rings (SSSR count). The Balaban J connectivity index is 2.42. The summed E-state index contributed by atoms with van der Waals surface area (Å²) in [5.74, 6) is -1.36. The van der Waals surface area contributed by atoms with Crippen molar-refractivity contribution in [1.29, 1.82) is 0 Å². The number of benzene rings is 2. The van der Waals surface area contributed by atoms with E-state index in [1.807, 2.05) is 0 Å². The van der Waals surface area contributed by atoms with Crippen molar-refractivity contribution in [3.8, 4) is 11.3 Å². The molecular weight excluding hydrogens is 262 g/mol. The molecule has 3 nitrogen and oxygen atoms in total. The van der Waals surface area contributed by atoms with Gasteiger partial charge in [0.15, 0.2) is 0 Å². The lowest BCUT2D eigenvalue weighted by molar-refractivity contribution is 0.584. The quantitative estimate of drug-likeness (QED) is 0.682. The molecule has 0 bridgehead atoms. The summed E-state index contributed by atoms with van der Waals surface area (Å²) in [4.78, 5) is 12.0. The van der Waals surface area contributed by atoms with Crippen molar-refractivity contribution in [2.75, 3.05) is 0 Å². The van der Waals surface area contributed by atoms with Crippen molar-refractivity contribution in [2.45, 2.75) is 0 Å². The van der Waals surface area contributed by atoms with Crippen LogP contribution in [0.2, 0.25) is 0 Å². The fourth-order valence-corrected chi connectivity index (χ4v) is 2.18. The van der Waals surface area contributed by atoms with Crippen LogP contribution in [-0.2, 0) is 7.05 Å². The summed E-state index contributed by atoms with van der Waals surface area (Å²) >= 11 is 0. The summed E-state index contributed by atoms with van der Waals surface area (Å²) in [6, 6.07) is 10.1. The minimum absolute atomic E-state index is 0.165. The highest BCUT2D eigenvalue weighted by molar-refractivity contribution is 5.93. The van der Waals surface area contributed by atoms with Crippen LogP contribution >= 0.6 is 0 Å². The summed E-state index contributed by atoms with van der Waals surface area (Å²) in [5.41, 5.74) is 0.227. The third-order valence-corrected chi connectivity index (χ3v) is 3.14. The van der Waals surface area contributed by atoms with Gasteiger partial charge in [0.05, 0.1) is 5.39 Å². The third-order valence-electron chi connectivity index (χ3n) is 3.14. The van der Waals surface area contributed by atoms with Gasteiger partial charge < -0.3 is 0 Å². The molecule has 2 aromatic carbocycles. The van der Waals surface area contributed by atoms with E-state index in [1.54, 1.807) is 24.3 Å². The molecule has 3 aromatic rings. The molecule has 0 saturated heterocycles. The van der Waals surface area contributed by atoms with E-state index in [9.17, 15) is 13.6 Å². The Morgan fingerprint density at radius 2 is 1.75 bits per heavy atom. The number of hydrogen-bond donors (Lipinski definition) is 0. The largest absolute Gasteiger partial charge is 0.274 e. The lowest BCUT2D eigenvalue weighted by Crippen LogP contribution is -2.20. The number of fused-ring (bicyclic) bond motifs is 1. The first-order chi connectivity index (χ1) is 9.58. The number of aromatic nitrogens is 2. The highest BCUT2D eigenvalue weighted by Gasteiger charge is 2.14. The molecular formula is C15H10F2N2O. The molecule has 0 atom stereocenters. The number of aryl methyl sites for hydroxylation is 1. The van der Waals surface area contributed by atoms with Crippen molar-refractivity contribution in [3.05, 3.63) is 64.5 Å². The average molecular weight is 272 g/mol. The van der Waals surface area contributed by atoms with Crippen LogP contribution < -0.4 is 5.56 Å². The van der Waals surface area contributed by atoms with Crippen molar-refractivity contribution < 1.29 is 8.78 Å². The predicted octanol–water partition coefficient (Wildman–Crippen LogP) is 2.88. The summed E-state index contributed by atoms with van der Waals surface area (Å²) in [5, 5.41) is 5.09. The van der Waals surface area contributed by atoms with Crippen LogP contribution in [0.4, 0.5) is 8.78 Å². The molecule has 0 aliphatic rings. The van der Waals surface area contributed by atoms with E-state index in [0.717, 1.165) is 10.7 Å². The second-order valence-corrected chi connectivity index (χ2v) is 4.45. The molecule has 1 aromatic heterocycles. The minimum Gasteiger partial charge on any atom is -0.267 e. The zero-order valence-corrected chi connectivity index (χ0v) is 10.6. The SMILES string of the molecule is Cn1nc(-c2ccc(F)cc2F)c2ccccc2c1=O. The molecule has 100 valence electrons. The molecule has 20 heavy (non-hydrogen) atoms. The Morgan fingerprint density at radius 3 is 2.45 bits per heavy atom. The molecule has 0 amide bonds. The van der Waals surface area contributed by atoms with Crippen LogP contribution in [0.3, 0.4) is 0 Å². The summed E-state index contributed by atoms with van der Waals surface area (Å²) in [6.07, 6.45) is 0.